The van der Waals surface area contributed by atoms with E-state index in [-0.39, 0.29) is 5.91 Å². The van der Waals surface area contributed by atoms with Crippen molar-refractivity contribution in [3.63, 3.8) is 0 Å². The Kier molecular flexibility index (Phi) is 6.62. The SMILES string of the molecule is CCCNC(=O)c1sc2nc3c(c(-c4cc(OC)c(OC)c(OC)c4)c2c1N)CN(C)CC3. The van der Waals surface area contributed by atoms with E-state index in [1.165, 1.54) is 11.3 Å². The molecule has 0 saturated heterocycles. The Hall–Kier alpha value is -3.04. The Morgan fingerprint density at radius 2 is 1.91 bits per heavy atom. The molecule has 4 rings (SSSR count). The largest absolute Gasteiger partial charge is 0.493 e. The van der Waals surface area contributed by atoms with Crippen molar-refractivity contribution >= 4 is 33.1 Å². The molecule has 8 nitrogen and oxygen atoms in total. The molecule has 176 valence electrons. The third kappa shape index (κ3) is 4.06. The zero-order chi connectivity index (χ0) is 23.7. The standard InChI is InChI=1S/C24H30N4O4S/c1-6-8-26-23(29)22-20(25)19-18(13-10-16(30-3)21(32-5)17(11-13)31-4)14-12-28(2)9-7-15(14)27-24(19)33-22/h10-11H,6-9,12,25H2,1-5H3,(H,26,29). The summed E-state index contributed by atoms with van der Waals surface area (Å²) < 4.78 is 16.7. The number of thiophene rings is 1. The molecular formula is C24H30N4O4S. The van der Waals surface area contributed by atoms with E-state index in [9.17, 15) is 4.79 Å². The van der Waals surface area contributed by atoms with E-state index >= 15 is 0 Å². The van der Waals surface area contributed by atoms with Crippen molar-refractivity contribution in [3.8, 4) is 28.4 Å². The molecule has 1 aliphatic heterocycles. The molecule has 1 amide bonds. The van der Waals surface area contributed by atoms with Crippen LogP contribution in [0.1, 0.15) is 34.3 Å². The highest BCUT2D eigenvalue weighted by molar-refractivity contribution is 7.21. The van der Waals surface area contributed by atoms with Gasteiger partial charge in [-0.3, -0.25) is 4.79 Å². The van der Waals surface area contributed by atoms with Crippen LogP contribution in [0.2, 0.25) is 0 Å². The van der Waals surface area contributed by atoms with E-state index in [0.717, 1.165) is 58.5 Å². The van der Waals surface area contributed by atoms with Crippen LogP contribution in [-0.2, 0) is 13.0 Å². The Bertz CT molecular complexity index is 1180. The van der Waals surface area contributed by atoms with Crippen molar-refractivity contribution in [2.45, 2.75) is 26.3 Å². The lowest BCUT2D eigenvalue weighted by molar-refractivity contribution is 0.0958. The number of benzene rings is 1. The molecule has 2 aromatic heterocycles. The van der Waals surface area contributed by atoms with Gasteiger partial charge in [0.05, 0.1) is 27.0 Å². The van der Waals surface area contributed by atoms with Gasteiger partial charge in [0.25, 0.3) is 5.91 Å². The molecule has 0 radical (unpaired) electrons. The number of aromatic nitrogens is 1. The maximum absolute atomic E-state index is 12.8. The van der Waals surface area contributed by atoms with Crippen molar-refractivity contribution in [1.82, 2.24) is 15.2 Å². The predicted octanol–water partition coefficient (Wildman–Crippen LogP) is 3.70. The van der Waals surface area contributed by atoms with Gasteiger partial charge in [-0.25, -0.2) is 4.98 Å². The molecule has 3 heterocycles. The van der Waals surface area contributed by atoms with Crippen LogP contribution in [-0.4, -0.2) is 57.3 Å². The second-order valence-corrected chi connectivity index (χ2v) is 9.09. The van der Waals surface area contributed by atoms with Gasteiger partial charge in [-0.05, 0) is 36.7 Å². The average molecular weight is 471 g/mol. The number of nitrogens with two attached hydrogens (primary N) is 1. The van der Waals surface area contributed by atoms with Gasteiger partial charge in [0.1, 0.15) is 9.71 Å². The molecule has 33 heavy (non-hydrogen) atoms. The number of nitrogens with one attached hydrogen (secondary N) is 1. The molecule has 0 fully saturated rings. The summed E-state index contributed by atoms with van der Waals surface area (Å²) in [5.41, 5.74) is 11.1. The smallest absolute Gasteiger partial charge is 0.263 e. The highest BCUT2D eigenvalue weighted by Crippen LogP contribution is 2.47. The zero-order valence-corrected chi connectivity index (χ0v) is 20.5. The second-order valence-electron chi connectivity index (χ2n) is 8.09. The number of likely N-dealkylation sites (N-methyl/N-ethyl adjacent to an activating group) is 1. The highest BCUT2D eigenvalue weighted by Gasteiger charge is 2.28. The Morgan fingerprint density at radius 3 is 2.52 bits per heavy atom. The van der Waals surface area contributed by atoms with Gasteiger partial charge in [0.2, 0.25) is 5.75 Å². The molecule has 3 aromatic rings. The van der Waals surface area contributed by atoms with Crippen molar-refractivity contribution in [2.75, 3.05) is 47.2 Å². The normalized spacial score (nSPS) is 13.6. The number of amides is 1. The van der Waals surface area contributed by atoms with Crippen LogP contribution in [0.5, 0.6) is 17.2 Å². The van der Waals surface area contributed by atoms with Gasteiger partial charge in [0.15, 0.2) is 11.5 Å². The lowest BCUT2D eigenvalue weighted by Gasteiger charge is -2.27. The Labute approximate surface area is 197 Å². The third-order valence-corrected chi connectivity index (χ3v) is 7.01. The second kappa shape index (κ2) is 9.44. The summed E-state index contributed by atoms with van der Waals surface area (Å²) in [6.45, 7) is 4.27. The van der Waals surface area contributed by atoms with Crippen LogP contribution in [0.4, 0.5) is 5.69 Å². The topological polar surface area (TPSA) is 98.9 Å². The molecule has 1 aliphatic rings. The number of pyridine rings is 1. The summed E-state index contributed by atoms with van der Waals surface area (Å²) >= 11 is 1.34. The van der Waals surface area contributed by atoms with Crippen LogP contribution in [0, 0.1) is 0 Å². The minimum absolute atomic E-state index is 0.164. The lowest BCUT2D eigenvalue weighted by atomic mass is 9.91. The van der Waals surface area contributed by atoms with E-state index in [4.69, 9.17) is 24.9 Å². The molecule has 0 aliphatic carbocycles. The fourth-order valence-corrected chi connectivity index (χ4v) is 5.33. The first-order valence-electron chi connectivity index (χ1n) is 10.9. The summed E-state index contributed by atoms with van der Waals surface area (Å²) in [5, 5.41) is 3.73. The number of rotatable bonds is 7. The molecule has 0 saturated carbocycles. The minimum atomic E-state index is -0.164. The Morgan fingerprint density at radius 1 is 1.21 bits per heavy atom. The van der Waals surface area contributed by atoms with Gasteiger partial charge in [-0.15, -0.1) is 11.3 Å². The summed E-state index contributed by atoms with van der Waals surface area (Å²) in [7, 11) is 6.87. The highest BCUT2D eigenvalue weighted by atomic mass is 32.1. The average Bonchev–Trinajstić information content (AvgIpc) is 3.15. The van der Waals surface area contributed by atoms with E-state index < -0.39 is 0 Å². The molecule has 0 unspecified atom stereocenters. The summed E-state index contributed by atoms with van der Waals surface area (Å²) in [6, 6.07) is 3.86. The first kappa shape index (κ1) is 23.1. The number of hydrogen-bond acceptors (Lipinski definition) is 8. The van der Waals surface area contributed by atoms with Crippen LogP contribution < -0.4 is 25.3 Å². The number of methoxy groups -OCH3 is 3. The summed E-state index contributed by atoms with van der Waals surface area (Å²) in [5.74, 6) is 1.48. The van der Waals surface area contributed by atoms with Crippen molar-refractivity contribution in [1.29, 1.82) is 0 Å². The summed E-state index contributed by atoms with van der Waals surface area (Å²) in [6.07, 6.45) is 1.68. The van der Waals surface area contributed by atoms with Gasteiger partial charge < -0.3 is 30.2 Å². The van der Waals surface area contributed by atoms with Gasteiger partial charge in [-0.1, -0.05) is 6.92 Å². The van der Waals surface area contributed by atoms with E-state index in [1.807, 2.05) is 19.1 Å². The number of nitrogen functional groups attached to an aromatic ring is 1. The van der Waals surface area contributed by atoms with Crippen LogP contribution in [0.15, 0.2) is 12.1 Å². The molecule has 9 heteroatoms. The number of carbonyl (C=O) groups is 1. The fourth-order valence-electron chi connectivity index (χ4n) is 4.29. The van der Waals surface area contributed by atoms with E-state index in [2.05, 4.69) is 17.3 Å². The number of hydrogen-bond donors (Lipinski definition) is 2. The van der Waals surface area contributed by atoms with Crippen molar-refractivity contribution < 1.29 is 19.0 Å². The number of ether oxygens (including phenoxy) is 3. The number of carbonyl (C=O) groups excluding carboxylic acids is 1. The van der Waals surface area contributed by atoms with Crippen molar-refractivity contribution in [2.24, 2.45) is 0 Å². The zero-order valence-electron chi connectivity index (χ0n) is 19.7. The number of fused-ring (bicyclic) bond motifs is 2. The van der Waals surface area contributed by atoms with Gasteiger partial charge in [0, 0.05) is 42.7 Å². The number of anilines is 1. The molecule has 1 aromatic carbocycles. The molecule has 3 N–H and O–H groups in total. The van der Waals surface area contributed by atoms with Gasteiger partial charge in [-0.2, -0.15) is 0 Å². The van der Waals surface area contributed by atoms with E-state index in [0.29, 0.717) is 34.4 Å². The number of nitrogens with zero attached hydrogens (tertiary/aromatic N) is 2. The first-order valence-corrected chi connectivity index (χ1v) is 11.8. The maximum Gasteiger partial charge on any atom is 0.263 e. The predicted molar refractivity (Wildman–Crippen MR) is 132 cm³/mol. The van der Waals surface area contributed by atoms with Crippen LogP contribution >= 0.6 is 11.3 Å². The lowest BCUT2D eigenvalue weighted by Crippen LogP contribution is -2.28. The van der Waals surface area contributed by atoms with Crippen molar-refractivity contribution in [3.05, 3.63) is 28.3 Å². The maximum atomic E-state index is 12.8. The van der Waals surface area contributed by atoms with Crippen LogP contribution in [0.3, 0.4) is 0 Å². The van der Waals surface area contributed by atoms with E-state index in [1.54, 1.807) is 21.3 Å². The minimum Gasteiger partial charge on any atom is -0.493 e. The molecule has 0 atom stereocenters. The fraction of sp³-hybridized carbons (Fsp3) is 0.417. The molecule has 0 bridgehead atoms. The molecular weight excluding hydrogens is 440 g/mol. The van der Waals surface area contributed by atoms with Crippen LogP contribution in [0.25, 0.3) is 21.3 Å². The summed E-state index contributed by atoms with van der Waals surface area (Å²) in [4.78, 5) is 21.3. The third-order valence-electron chi connectivity index (χ3n) is 5.92. The molecule has 0 spiro atoms. The quantitative estimate of drug-likeness (QED) is 0.543. The Balaban J connectivity index is 2.03. The first-order chi connectivity index (χ1) is 15.9. The monoisotopic (exact) mass is 470 g/mol. The van der Waals surface area contributed by atoms with Gasteiger partial charge >= 0.3 is 0 Å².